The SMILES string of the molecule is CC(C)(C)c1cc2ccc3c(-c4ccc(-c5ccccc5)cn4)cc(-c4ccc(-c5ccccc5)cn4)c4ccc(c1)c2c34.CC(C)(C)c1cc2ccc3c(-c4ccc(-c5cccnc5)cc4)cc(-c4ccc(-c5ccccc5)cn4)c4ccc(c1)c2c34.CC(C)(C)c1cc2ccc3c(-c4cncc(-c5ccccc5)c4)cc(-c4cncc(-c5ccccc5)c4)c4ccc(c1)c2c34. The largest absolute Gasteiger partial charge is 0.264 e. The highest BCUT2D eigenvalue weighted by Gasteiger charge is 2.27. The molecule has 0 atom stereocenters. The molecule has 6 aromatic heterocycles. The van der Waals surface area contributed by atoms with Crippen molar-refractivity contribution in [2.24, 2.45) is 0 Å². The zero-order valence-electron chi connectivity index (χ0n) is 75.5. The molecule has 132 heavy (non-hydrogen) atoms. The normalized spacial score (nSPS) is 12.0. The first-order chi connectivity index (χ1) is 64.3. The van der Waals surface area contributed by atoms with Crippen LogP contribution in [0, 0.1) is 0 Å². The van der Waals surface area contributed by atoms with Gasteiger partial charge in [0.25, 0.3) is 0 Å². The van der Waals surface area contributed by atoms with Gasteiger partial charge < -0.3 is 0 Å². The van der Waals surface area contributed by atoms with E-state index >= 15 is 0 Å². The van der Waals surface area contributed by atoms with Gasteiger partial charge in [-0.15, -0.1) is 0 Å². The van der Waals surface area contributed by atoms with E-state index in [1.807, 2.05) is 80.0 Å². The first-order valence-corrected chi connectivity index (χ1v) is 45.7. The lowest BCUT2D eigenvalue weighted by Gasteiger charge is -2.23. The molecule has 0 saturated heterocycles. The van der Waals surface area contributed by atoms with E-state index in [2.05, 4.69) is 407 Å². The van der Waals surface area contributed by atoms with Crippen molar-refractivity contribution in [1.29, 1.82) is 0 Å². The van der Waals surface area contributed by atoms with Crippen molar-refractivity contribution < 1.29 is 0 Å². The summed E-state index contributed by atoms with van der Waals surface area (Å²) in [7, 11) is 0. The molecule has 24 aromatic rings. The lowest BCUT2D eigenvalue weighted by atomic mass is 9.81. The standard InChI is InChI=1S/3C42H32N2/c1-42(2,3)33-22-29-14-18-34-36(38-20-16-31(25-43-38)27-10-6-4-7-11-27)24-37(35-19-15-30(23-33)40(29)41(34)35)39-21-17-32(26-44-39)28-12-8-5-9-13-28;1-42(2,3)35-20-29-14-16-36-38(33-18-31(23-43-25-33)27-10-6-4-7-11-27)22-39(37-17-15-30(21-35)40(29)41(36)37)34-19-32(24-44-26-34)28-12-8-5-9-13-28;1-42(2,3)34-22-30-15-18-35-37(29-13-11-28(12-14-29)32-10-7-21-43-25-32)24-38(36-19-16-31(23-34)40(30)41(35)36)39-20-17-33(26-44-39)27-8-5-4-6-9-27/h3*4-26H,1-3H3. The van der Waals surface area contributed by atoms with Crippen LogP contribution in [0.5, 0.6) is 0 Å². The maximum absolute atomic E-state index is 5.04. The van der Waals surface area contributed by atoms with Crippen LogP contribution >= 0.6 is 0 Å². The van der Waals surface area contributed by atoms with Gasteiger partial charge in [0.15, 0.2) is 0 Å². The fourth-order valence-corrected chi connectivity index (χ4v) is 19.6. The van der Waals surface area contributed by atoms with Crippen LogP contribution in [-0.2, 0) is 16.2 Å². The molecule has 0 bridgehead atoms. The number of hydrogen-bond donors (Lipinski definition) is 0. The van der Waals surface area contributed by atoms with E-state index in [4.69, 9.17) is 24.9 Å². The van der Waals surface area contributed by atoms with Crippen LogP contribution in [0.4, 0.5) is 0 Å². The van der Waals surface area contributed by atoms with Crippen LogP contribution in [0.1, 0.15) is 79.0 Å². The molecule has 6 heteroatoms. The zero-order chi connectivity index (χ0) is 89.5. The summed E-state index contributed by atoms with van der Waals surface area (Å²) in [6.07, 6.45) is 17.6. The Kier molecular flexibility index (Phi) is 20.6. The van der Waals surface area contributed by atoms with E-state index < -0.39 is 0 Å². The number of pyridine rings is 6. The van der Waals surface area contributed by atoms with Crippen molar-refractivity contribution in [3.63, 3.8) is 0 Å². The van der Waals surface area contributed by atoms with Gasteiger partial charge in [0.1, 0.15) is 0 Å². The summed E-state index contributed by atoms with van der Waals surface area (Å²) in [6, 6.07) is 132. The molecular formula is C126H96N6. The van der Waals surface area contributed by atoms with Gasteiger partial charge in [0.05, 0.1) is 17.1 Å². The third kappa shape index (κ3) is 15.3. The van der Waals surface area contributed by atoms with E-state index in [1.54, 1.807) is 0 Å². The van der Waals surface area contributed by atoms with Gasteiger partial charge in [0.2, 0.25) is 0 Å². The molecule has 0 radical (unpaired) electrons. The molecular weight excluding hydrogens is 1600 g/mol. The van der Waals surface area contributed by atoms with Gasteiger partial charge in [-0.25, -0.2) is 0 Å². The van der Waals surface area contributed by atoms with Crippen molar-refractivity contribution in [3.05, 3.63) is 436 Å². The Morgan fingerprint density at radius 1 is 0.159 bits per heavy atom. The second-order valence-corrected chi connectivity index (χ2v) is 38.2. The summed E-state index contributed by atoms with van der Waals surface area (Å²) in [5.74, 6) is 0. The molecule has 6 nitrogen and oxygen atoms in total. The van der Waals surface area contributed by atoms with E-state index in [-0.39, 0.29) is 16.2 Å². The summed E-state index contributed by atoms with van der Waals surface area (Å²) in [5.41, 5.74) is 31.2. The van der Waals surface area contributed by atoms with Gasteiger partial charge in [-0.05, 0) is 246 Å². The van der Waals surface area contributed by atoms with Crippen LogP contribution in [0.2, 0.25) is 0 Å². The predicted octanol–water partition coefficient (Wildman–Crippen LogP) is 34.0. The Balaban J connectivity index is 0.000000116. The summed E-state index contributed by atoms with van der Waals surface area (Å²) in [6.45, 7) is 20.6. The van der Waals surface area contributed by atoms with Crippen LogP contribution in [0.25, 0.3) is 231 Å². The summed E-state index contributed by atoms with van der Waals surface area (Å²) in [4.78, 5) is 28.9. The zero-order valence-corrected chi connectivity index (χ0v) is 75.5. The Labute approximate surface area is 770 Å². The molecule has 630 valence electrons. The average Bonchev–Trinajstić information content (AvgIpc) is 0.724. The maximum Gasteiger partial charge on any atom is 0.0708 e. The highest BCUT2D eigenvalue weighted by atomic mass is 14.7. The molecule has 0 aliphatic carbocycles. The molecule has 0 N–H and O–H groups in total. The molecule has 0 aliphatic rings. The molecule has 0 saturated carbocycles. The van der Waals surface area contributed by atoms with Crippen molar-refractivity contribution in [2.75, 3.05) is 0 Å². The molecule has 24 rings (SSSR count). The molecule has 0 unspecified atom stereocenters. The Morgan fingerprint density at radius 2 is 0.394 bits per heavy atom. The van der Waals surface area contributed by atoms with Crippen LogP contribution < -0.4 is 0 Å². The van der Waals surface area contributed by atoms with E-state index in [0.717, 1.165) is 95.0 Å². The van der Waals surface area contributed by atoms with Gasteiger partial charge in [-0.1, -0.05) is 372 Å². The molecule has 0 amide bonds. The molecule has 0 spiro atoms. The number of benzene rings is 18. The van der Waals surface area contributed by atoms with Gasteiger partial charge in [-0.3, -0.25) is 29.9 Å². The minimum Gasteiger partial charge on any atom is -0.264 e. The first-order valence-electron chi connectivity index (χ1n) is 45.7. The van der Waals surface area contributed by atoms with Crippen molar-refractivity contribution in [3.8, 4) is 134 Å². The van der Waals surface area contributed by atoms with Gasteiger partial charge in [-0.2, -0.15) is 0 Å². The molecule has 18 aromatic carbocycles. The van der Waals surface area contributed by atoms with Crippen molar-refractivity contribution in [2.45, 2.75) is 78.6 Å². The fraction of sp³-hybridized carbons (Fsp3) is 0.0952. The average molecular weight is 1690 g/mol. The fourth-order valence-electron chi connectivity index (χ4n) is 19.6. The van der Waals surface area contributed by atoms with Crippen LogP contribution in [0.15, 0.2) is 420 Å². The smallest absolute Gasteiger partial charge is 0.0708 e. The second-order valence-electron chi connectivity index (χ2n) is 38.2. The maximum atomic E-state index is 5.04. The molecule has 0 fully saturated rings. The Bertz CT molecular complexity index is 7610. The number of nitrogens with zero attached hydrogens (tertiary/aromatic N) is 6. The van der Waals surface area contributed by atoms with E-state index in [1.165, 1.54) is 153 Å². The second kappa shape index (κ2) is 33.2. The lowest BCUT2D eigenvalue weighted by molar-refractivity contribution is 0.591. The highest BCUT2D eigenvalue weighted by molar-refractivity contribution is 6.31. The van der Waals surface area contributed by atoms with Crippen LogP contribution in [-0.4, -0.2) is 29.9 Å². The summed E-state index contributed by atoms with van der Waals surface area (Å²) >= 11 is 0. The third-order valence-corrected chi connectivity index (χ3v) is 26.7. The third-order valence-electron chi connectivity index (χ3n) is 26.7. The highest BCUT2D eigenvalue weighted by Crippen LogP contribution is 2.51. The van der Waals surface area contributed by atoms with Gasteiger partial charge in [0, 0.05) is 111 Å². The Hall–Kier alpha value is -16.0. The van der Waals surface area contributed by atoms with Crippen LogP contribution in [0.3, 0.4) is 0 Å². The minimum absolute atomic E-state index is 0.0634. The monoisotopic (exact) mass is 1690 g/mol. The first kappa shape index (κ1) is 81.7. The topological polar surface area (TPSA) is 77.3 Å². The summed E-state index contributed by atoms with van der Waals surface area (Å²) < 4.78 is 0. The predicted molar refractivity (Wildman–Crippen MR) is 559 cm³/mol. The Morgan fingerprint density at radius 3 is 0.682 bits per heavy atom. The molecule has 6 heterocycles. The lowest BCUT2D eigenvalue weighted by Crippen LogP contribution is -2.10. The number of hydrogen-bond acceptors (Lipinski definition) is 6. The van der Waals surface area contributed by atoms with E-state index in [9.17, 15) is 0 Å². The van der Waals surface area contributed by atoms with Crippen molar-refractivity contribution in [1.82, 2.24) is 29.9 Å². The number of aromatic nitrogens is 6. The van der Waals surface area contributed by atoms with Crippen molar-refractivity contribution >= 4 is 97.0 Å². The molecule has 0 aliphatic heterocycles. The minimum atomic E-state index is 0.0634. The quantitative estimate of drug-likeness (QED) is 0.113. The van der Waals surface area contributed by atoms with E-state index in [0.29, 0.717) is 0 Å². The number of rotatable bonds is 12. The van der Waals surface area contributed by atoms with Gasteiger partial charge >= 0.3 is 0 Å². The summed E-state index contributed by atoms with van der Waals surface area (Å²) in [5, 5.41) is 22.9.